The molecule has 3 rings (SSSR count). The van der Waals surface area contributed by atoms with Gasteiger partial charge in [-0.25, -0.2) is 0 Å². The van der Waals surface area contributed by atoms with Crippen molar-refractivity contribution < 1.29 is 4.92 Å². The first-order chi connectivity index (χ1) is 10.8. The van der Waals surface area contributed by atoms with E-state index < -0.39 is 0 Å². The van der Waals surface area contributed by atoms with Crippen LogP contribution in [0, 0.1) is 10.1 Å². The van der Waals surface area contributed by atoms with Crippen molar-refractivity contribution >= 4 is 16.6 Å². The van der Waals surface area contributed by atoms with Gasteiger partial charge in [-0.2, -0.15) is 0 Å². The van der Waals surface area contributed by atoms with Gasteiger partial charge in [-0.05, 0) is 28.7 Å². The lowest BCUT2D eigenvalue weighted by Gasteiger charge is -2.19. The summed E-state index contributed by atoms with van der Waals surface area (Å²) in [5.74, 6) is 0. The summed E-state index contributed by atoms with van der Waals surface area (Å²) < 4.78 is 2.12. The van der Waals surface area contributed by atoms with Gasteiger partial charge in [0.2, 0.25) is 0 Å². The summed E-state index contributed by atoms with van der Waals surface area (Å²) >= 11 is 0. The molecule has 1 heterocycles. The highest BCUT2D eigenvalue weighted by Gasteiger charge is 2.13. The van der Waals surface area contributed by atoms with Crippen molar-refractivity contribution in [2.45, 2.75) is 32.7 Å². The number of hydrogen-bond donors (Lipinski definition) is 0. The SMILES string of the molecule is CC(C)(C)c1ccc(Cn2ccc3cc([N+](=O)[O-])ccc32)cc1. The highest BCUT2D eigenvalue weighted by atomic mass is 16.6. The molecule has 0 aliphatic carbocycles. The van der Waals surface area contributed by atoms with Crippen molar-refractivity contribution in [3.8, 4) is 0 Å². The van der Waals surface area contributed by atoms with E-state index in [0.717, 1.165) is 17.4 Å². The van der Waals surface area contributed by atoms with Crippen molar-refractivity contribution in [3.05, 3.63) is 76.0 Å². The molecular formula is C19H20N2O2. The maximum atomic E-state index is 10.9. The van der Waals surface area contributed by atoms with Crippen molar-refractivity contribution in [1.29, 1.82) is 0 Å². The van der Waals surface area contributed by atoms with Gasteiger partial charge in [0.25, 0.3) is 5.69 Å². The first kappa shape index (κ1) is 15.3. The molecule has 23 heavy (non-hydrogen) atoms. The van der Waals surface area contributed by atoms with E-state index in [2.05, 4.69) is 49.6 Å². The van der Waals surface area contributed by atoms with Gasteiger partial charge in [0.05, 0.1) is 4.92 Å². The van der Waals surface area contributed by atoms with Crippen LogP contribution in [0.3, 0.4) is 0 Å². The molecule has 1 aromatic heterocycles. The summed E-state index contributed by atoms with van der Waals surface area (Å²) in [6.07, 6.45) is 1.98. The van der Waals surface area contributed by atoms with Gasteiger partial charge in [0.15, 0.2) is 0 Å². The molecule has 0 saturated heterocycles. The van der Waals surface area contributed by atoms with Crippen LogP contribution in [0.25, 0.3) is 10.9 Å². The predicted molar refractivity (Wildman–Crippen MR) is 92.8 cm³/mol. The number of aromatic nitrogens is 1. The number of hydrogen-bond acceptors (Lipinski definition) is 2. The van der Waals surface area contributed by atoms with Crippen LogP contribution >= 0.6 is 0 Å². The molecule has 4 nitrogen and oxygen atoms in total. The Kier molecular flexibility index (Phi) is 3.68. The topological polar surface area (TPSA) is 48.1 Å². The Morgan fingerprint density at radius 2 is 1.74 bits per heavy atom. The largest absolute Gasteiger partial charge is 0.343 e. The number of nitrogens with zero attached hydrogens (tertiary/aromatic N) is 2. The molecule has 3 aromatic rings. The van der Waals surface area contributed by atoms with Crippen LogP contribution in [-0.4, -0.2) is 9.49 Å². The average Bonchev–Trinajstić information content (AvgIpc) is 2.89. The minimum absolute atomic E-state index is 0.129. The summed E-state index contributed by atoms with van der Waals surface area (Å²) in [7, 11) is 0. The molecule has 0 aliphatic heterocycles. The van der Waals surface area contributed by atoms with Gasteiger partial charge in [-0.15, -0.1) is 0 Å². The Morgan fingerprint density at radius 3 is 2.35 bits per heavy atom. The third-order valence-corrected chi connectivity index (χ3v) is 4.14. The Morgan fingerprint density at radius 1 is 1.04 bits per heavy atom. The molecule has 4 heteroatoms. The predicted octanol–water partition coefficient (Wildman–Crippen LogP) is 4.90. The van der Waals surface area contributed by atoms with E-state index in [9.17, 15) is 10.1 Å². The third kappa shape index (κ3) is 3.11. The molecule has 0 radical (unpaired) electrons. The summed E-state index contributed by atoms with van der Waals surface area (Å²) in [4.78, 5) is 10.5. The fourth-order valence-electron chi connectivity index (χ4n) is 2.75. The summed E-state index contributed by atoms with van der Waals surface area (Å²) in [5.41, 5.74) is 3.82. The van der Waals surface area contributed by atoms with Gasteiger partial charge in [-0.3, -0.25) is 10.1 Å². The van der Waals surface area contributed by atoms with Crippen LogP contribution in [0.5, 0.6) is 0 Å². The lowest BCUT2D eigenvalue weighted by Crippen LogP contribution is -2.10. The van der Waals surface area contributed by atoms with Crippen LogP contribution in [-0.2, 0) is 12.0 Å². The quantitative estimate of drug-likeness (QED) is 0.510. The first-order valence-electron chi connectivity index (χ1n) is 7.67. The molecule has 0 spiro atoms. The standard InChI is InChI=1S/C19H20N2O2/c1-19(2,3)16-6-4-14(5-7-16)13-20-11-10-15-12-17(21(22)23)8-9-18(15)20/h4-12H,13H2,1-3H3. The number of rotatable bonds is 3. The first-order valence-corrected chi connectivity index (χ1v) is 7.67. The third-order valence-electron chi connectivity index (χ3n) is 4.14. The Hall–Kier alpha value is -2.62. The van der Waals surface area contributed by atoms with E-state index in [4.69, 9.17) is 0 Å². The highest BCUT2D eigenvalue weighted by molar-refractivity contribution is 5.82. The molecule has 0 bridgehead atoms. The average molecular weight is 308 g/mol. The van der Waals surface area contributed by atoms with E-state index in [1.165, 1.54) is 11.1 Å². The van der Waals surface area contributed by atoms with Crippen molar-refractivity contribution in [3.63, 3.8) is 0 Å². The maximum absolute atomic E-state index is 10.9. The second-order valence-corrected chi connectivity index (χ2v) is 6.89. The molecule has 118 valence electrons. The van der Waals surface area contributed by atoms with Crippen LogP contribution in [0.4, 0.5) is 5.69 Å². The Labute approximate surface area is 135 Å². The fraction of sp³-hybridized carbons (Fsp3) is 0.263. The second-order valence-electron chi connectivity index (χ2n) is 6.89. The van der Waals surface area contributed by atoms with Gasteiger partial charge in [0.1, 0.15) is 0 Å². The van der Waals surface area contributed by atoms with E-state index >= 15 is 0 Å². The van der Waals surface area contributed by atoms with Crippen LogP contribution < -0.4 is 0 Å². The van der Waals surface area contributed by atoms with Crippen molar-refractivity contribution in [2.75, 3.05) is 0 Å². The van der Waals surface area contributed by atoms with Gasteiger partial charge >= 0.3 is 0 Å². The molecular weight excluding hydrogens is 288 g/mol. The summed E-state index contributed by atoms with van der Waals surface area (Å²) in [6, 6.07) is 15.6. The van der Waals surface area contributed by atoms with Gasteiger partial charge in [0, 0.05) is 35.8 Å². The molecule has 2 aromatic carbocycles. The summed E-state index contributed by atoms with van der Waals surface area (Å²) in [6.45, 7) is 7.36. The molecule has 0 aliphatic rings. The zero-order valence-corrected chi connectivity index (χ0v) is 13.6. The number of non-ortho nitro benzene ring substituents is 1. The lowest BCUT2D eigenvalue weighted by molar-refractivity contribution is -0.384. The zero-order valence-electron chi connectivity index (χ0n) is 13.6. The van der Waals surface area contributed by atoms with Crippen LogP contribution in [0.15, 0.2) is 54.7 Å². The molecule has 0 fully saturated rings. The number of nitro benzene ring substituents is 1. The lowest BCUT2D eigenvalue weighted by atomic mass is 9.87. The molecule has 0 unspecified atom stereocenters. The van der Waals surface area contributed by atoms with E-state index in [1.54, 1.807) is 12.1 Å². The summed E-state index contributed by atoms with van der Waals surface area (Å²) in [5, 5.41) is 11.7. The van der Waals surface area contributed by atoms with Gasteiger partial charge in [-0.1, -0.05) is 45.0 Å². The number of nitro groups is 1. The monoisotopic (exact) mass is 308 g/mol. The highest BCUT2D eigenvalue weighted by Crippen LogP contribution is 2.24. The molecule has 0 saturated carbocycles. The van der Waals surface area contributed by atoms with Crippen molar-refractivity contribution in [1.82, 2.24) is 4.57 Å². The molecule has 0 amide bonds. The fourth-order valence-corrected chi connectivity index (χ4v) is 2.75. The van der Waals surface area contributed by atoms with Gasteiger partial charge < -0.3 is 4.57 Å². The van der Waals surface area contributed by atoms with Crippen molar-refractivity contribution in [2.24, 2.45) is 0 Å². The van der Waals surface area contributed by atoms with Crippen LogP contribution in [0.2, 0.25) is 0 Å². The Balaban J connectivity index is 1.88. The molecule has 0 atom stereocenters. The number of fused-ring (bicyclic) bond motifs is 1. The minimum atomic E-state index is -0.359. The molecule has 0 N–H and O–H groups in total. The van der Waals surface area contributed by atoms with E-state index in [1.807, 2.05) is 18.3 Å². The van der Waals surface area contributed by atoms with Crippen LogP contribution in [0.1, 0.15) is 31.9 Å². The van der Waals surface area contributed by atoms with E-state index in [0.29, 0.717) is 0 Å². The Bertz CT molecular complexity index is 855. The normalized spacial score (nSPS) is 11.8. The second kappa shape index (κ2) is 5.54. The smallest absolute Gasteiger partial charge is 0.270 e. The number of benzene rings is 2. The maximum Gasteiger partial charge on any atom is 0.270 e. The minimum Gasteiger partial charge on any atom is -0.343 e. The van der Waals surface area contributed by atoms with E-state index in [-0.39, 0.29) is 16.0 Å². The zero-order chi connectivity index (χ0) is 16.6.